The predicted octanol–water partition coefficient (Wildman–Crippen LogP) is 4.61. The zero-order valence-corrected chi connectivity index (χ0v) is 19.4. The zero-order valence-electron chi connectivity index (χ0n) is 19.4. The van der Waals surface area contributed by atoms with Crippen molar-refractivity contribution in [3.05, 3.63) is 82.4 Å². The van der Waals surface area contributed by atoms with Crippen LogP contribution >= 0.6 is 0 Å². The van der Waals surface area contributed by atoms with Gasteiger partial charge in [0.25, 0.3) is 11.6 Å². The number of nitro groups is 1. The number of carbonyl (C=O) groups is 1. The molecular formula is C25H21N5O6. The van der Waals surface area contributed by atoms with Gasteiger partial charge in [0.1, 0.15) is 0 Å². The van der Waals surface area contributed by atoms with E-state index < -0.39 is 10.8 Å². The van der Waals surface area contributed by atoms with Crippen molar-refractivity contribution in [2.24, 2.45) is 0 Å². The maximum atomic E-state index is 12.6. The van der Waals surface area contributed by atoms with Crippen LogP contribution in [0.3, 0.4) is 0 Å². The number of ether oxygens (including phenoxy) is 3. The maximum Gasteiger partial charge on any atom is 0.336 e. The van der Waals surface area contributed by atoms with Gasteiger partial charge in [-0.25, -0.2) is 4.68 Å². The number of hydrogen-bond acceptors (Lipinski definition) is 8. The highest BCUT2D eigenvalue weighted by atomic mass is 16.7. The van der Waals surface area contributed by atoms with E-state index >= 15 is 0 Å². The van der Waals surface area contributed by atoms with Crippen LogP contribution in [-0.2, 0) is 0 Å². The number of rotatable bonds is 7. The molecular weight excluding hydrogens is 466 g/mol. The van der Waals surface area contributed by atoms with E-state index in [1.807, 2.05) is 32.0 Å². The minimum Gasteiger partial charge on any atom is -0.460 e. The molecule has 0 unspecified atom stereocenters. The Balaban J connectivity index is 1.42. The summed E-state index contributed by atoms with van der Waals surface area (Å²) in [6.45, 7) is 3.94. The Bertz CT molecular complexity index is 1450. The molecule has 2 heterocycles. The summed E-state index contributed by atoms with van der Waals surface area (Å²) < 4.78 is 18.3. The van der Waals surface area contributed by atoms with Crippen molar-refractivity contribution in [3.8, 4) is 34.6 Å². The lowest BCUT2D eigenvalue weighted by atomic mass is 10.1. The van der Waals surface area contributed by atoms with E-state index in [1.165, 1.54) is 24.3 Å². The van der Waals surface area contributed by atoms with Crippen LogP contribution in [0.25, 0.3) is 17.1 Å². The standard InChI is InChI=1S/C25H21N5O6/c1-15(2)36-25-27-23(16-6-11-21-22(13-16)35-14-34-21)29(28-25)19-9-7-18(8-10-19)26-24(31)17-4-3-5-20(12-17)30(32)33/h3-13,15H,14H2,1-2H3,(H,26,31). The highest BCUT2D eigenvalue weighted by molar-refractivity contribution is 6.04. The van der Waals surface area contributed by atoms with E-state index in [0.717, 1.165) is 5.56 Å². The van der Waals surface area contributed by atoms with E-state index in [0.29, 0.717) is 28.7 Å². The first-order chi connectivity index (χ1) is 17.4. The summed E-state index contributed by atoms with van der Waals surface area (Å²) in [4.78, 5) is 27.6. The molecule has 36 heavy (non-hydrogen) atoms. The van der Waals surface area contributed by atoms with Crippen molar-refractivity contribution in [1.82, 2.24) is 14.8 Å². The van der Waals surface area contributed by atoms with Gasteiger partial charge in [-0.3, -0.25) is 14.9 Å². The van der Waals surface area contributed by atoms with Gasteiger partial charge in [0.2, 0.25) is 6.79 Å². The monoisotopic (exact) mass is 487 g/mol. The van der Waals surface area contributed by atoms with Crippen LogP contribution in [-0.4, -0.2) is 38.5 Å². The molecule has 1 N–H and O–H groups in total. The quantitative estimate of drug-likeness (QED) is 0.295. The molecule has 0 fully saturated rings. The third kappa shape index (κ3) is 4.67. The SMILES string of the molecule is CC(C)Oc1nc(-c2ccc3c(c2)OCO3)n(-c2ccc(NC(=O)c3cccc([N+](=O)[O-])c3)cc2)n1. The third-order valence-electron chi connectivity index (χ3n) is 5.25. The minimum absolute atomic E-state index is 0.114. The molecule has 0 atom stereocenters. The van der Waals surface area contributed by atoms with Gasteiger partial charge < -0.3 is 19.5 Å². The third-order valence-corrected chi connectivity index (χ3v) is 5.25. The van der Waals surface area contributed by atoms with Crippen molar-refractivity contribution in [3.63, 3.8) is 0 Å². The van der Waals surface area contributed by atoms with Gasteiger partial charge in [-0.15, -0.1) is 5.10 Å². The number of non-ortho nitro benzene ring substituents is 1. The van der Waals surface area contributed by atoms with Crippen molar-refractivity contribution in [2.45, 2.75) is 20.0 Å². The normalized spacial score (nSPS) is 12.0. The number of benzene rings is 3. The number of aromatic nitrogens is 3. The van der Waals surface area contributed by atoms with Crippen molar-refractivity contribution in [2.75, 3.05) is 12.1 Å². The summed E-state index contributed by atoms with van der Waals surface area (Å²) in [7, 11) is 0. The fraction of sp³-hybridized carbons (Fsp3) is 0.160. The van der Waals surface area contributed by atoms with Crippen molar-refractivity contribution >= 4 is 17.3 Å². The Morgan fingerprint density at radius 3 is 2.61 bits per heavy atom. The van der Waals surface area contributed by atoms with Gasteiger partial charge in [0.05, 0.1) is 16.7 Å². The van der Waals surface area contributed by atoms with E-state index in [-0.39, 0.29) is 30.2 Å². The average molecular weight is 487 g/mol. The summed E-state index contributed by atoms with van der Waals surface area (Å²) in [5.74, 6) is 1.36. The largest absolute Gasteiger partial charge is 0.460 e. The molecule has 0 spiro atoms. The highest BCUT2D eigenvalue weighted by Crippen LogP contribution is 2.36. The molecule has 11 heteroatoms. The van der Waals surface area contributed by atoms with Gasteiger partial charge in [0.15, 0.2) is 17.3 Å². The number of nitro benzene ring substituents is 1. The molecule has 1 aliphatic rings. The second-order valence-corrected chi connectivity index (χ2v) is 8.17. The summed E-state index contributed by atoms with van der Waals surface area (Å²) >= 11 is 0. The minimum atomic E-state index is -0.543. The molecule has 3 aromatic carbocycles. The van der Waals surface area contributed by atoms with Crippen LogP contribution < -0.4 is 19.5 Å². The number of nitrogens with one attached hydrogen (secondary N) is 1. The molecule has 1 aliphatic heterocycles. The molecule has 5 rings (SSSR count). The first kappa shape index (κ1) is 22.8. The van der Waals surface area contributed by atoms with Gasteiger partial charge in [-0.05, 0) is 62.4 Å². The Morgan fingerprint density at radius 1 is 1.08 bits per heavy atom. The summed E-state index contributed by atoms with van der Waals surface area (Å²) in [5, 5.41) is 18.3. The second kappa shape index (κ2) is 9.37. The first-order valence-corrected chi connectivity index (χ1v) is 11.1. The first-order valence-electron chi connectivity index (χ1n) is 11.1. The predicted molar refractivity (Wildman–Crippen MR) is 130 cm³/mol. The van der Waals surface area contributed by atoms with Crippen LogP contribution in [0.2, 0.25) is 0 Å². The molecule has 182 valence electrons. The summed E-state index contributed by atoms with van der Waals surface area (Å²) in [6.07, 6.45) is -0.114. The van der Waals surface area contributed by atoms with E-state index in [1.54, 1.807) is 28.9 Å². The molecule has 1 amide bonds. The molecule has 0 radical (unpaired) electrons. The lowest BCUT2D eigenvalue weighted by molar-refractivity contribution is -0.384. The molecule has 0 bridgehead atoms. The number of hydrogen-bond donors (Lipinski definition) is 1. The van der Waals surface area contributed by atoms with Crippen LogP contribution in [0.1, 0.15) is 24.2 Å². The average Bonchev–Trinajstić information content (AvgIpc) is 3.50. The Hall–Kier alpha value is -4.93. The number of nitrogens with zero attached hydrogens (tertiary/aromatic N) is 4. The van der Waals surface area contributed by atoms with Gasteiger partial charge >= 0.3 is 6.01 Å². The van der Waals surface area contributed by atoms with E-state index in [2.05, 4.69) is 15.4 Å². The Morgan fingerprint density at radius 2 is 1.86 bits per heavy atom. The van der Waals surface area contributed by atoms with Crippen LogP contribution in [0, 0.1) is 10.1 Å². The number of amides is 1. The lowest BCUT2D eigenvalue weighted by Crippen LogP contribution is -2.12. The zero-order chi connectivity index (χ0) is 25.2. The molecule has 0 saturated heterocycles. The highest BCUT2D eigenvalue weighted by Gasteiger charge is 2.20. The molecule has 1 aromatic heterocycles. The van der Waals surface area contributed by atoms with E-state index in [4.69, 9.17) is 14.2 Å². The summed E-state index contributed by atoms with van der Waals surface area (Å²) in [5.41, 5.74) is 1.99. The lowest BCUT2D eigenvalue weighted by Gasteiger charge is -2.09. The van der Waals surface area contributed by atoms with Crippen molar-refractivity contribution < 1.29 is 23.9 Å². The van der Waals surface area contributed by atoms with Crippen LogP contribution in [0.15, 0.2) is 66.7 Å². The molecule has 4 aromatic rings. The Kier molecular flexibility index (Phi) is 5.95. The fourth-order valence-corrected chi connectivity index (χ4v) is 3.61. The van der Waals surface area contributed by atoms with Gasteiger partial charge in [-0.1, -0.05) is 6.07 Å². The Labute approximate surface area is 205 Å². The van der Waals surface area contributed by atoms with Crippen molar-refractivity contribution in [1.29, 1.82) is 0 Å². The topological polar surface area (TPSA) is 131 Å². The number of carbonyl (C=O) groups excluding carboxylic acids is 1. The molecule has 11 nitrogen and oxygen atoms in total. The number of anilines is 1. The van der Waals surface area contributed by atoms with E-state index in [9.17, 15) is 14.9 Å². The fourth-order valence-electron chi connectivity index (χ4n) is 3.61. The maximum absolute atomic E-state index is 12.6. The van der Waals surface area contributed by atoms with Gasteiger partial charge in [-0.2, -0.15) is 4.98 Å². The van der Waals surface area contributed by atoms with Crippen LogP contribution in [0.4, 0.5) is 11.4 Å². The van der Waals surface area contributed by atoms with Gasteiger partial charge in [0, 0.05) is 28.9 Å². The molecule has 0 saturated carbocycles. The smallest absolute Gasteiger partial charge is 0.336 e. The number of fused-ring (bicyclic) bond motifs is 1. The molecule has 0 aliphatic carbocycles. The van der Waals surface area contributed by atoms with Crippen LogP contribution in [0.5, 0.6) is 17.5 Å². The second-order valence-electron chi connectivity index (χ2n) is 8.17. The summed E-state index contributed by atoms with van der Waals surface area (Å²) in [6, 6.07) is 18.2.